The van der Waals surface area contributed by atoms with E-state index in [1.807, 2.05) is 30.8 Å². The number of nitrogens with zero attached hydrogens (tertiary/aromatic N) is 4. The fraction of sp³-hybridized carbons (Fsp3) is 0.600. The maximum absolute atomic E-state index is 4.03. The van der Waals surface area contributed by atoms with Crippen molar-refractivity contribution >= 4 is 15.9 Å². The van der Waals surface area contributed by atoms with Crippen molar-refractivity contribution in [2.24, 2.45) is 7.05 Å². The Labute approximate surface area is 68.2 Å². The quantitative estimate of drug-likeness (QED) is 0.587. The summed E-state index contributed by atoms with van der Waals surface area (Å²) in [4.78, 5) is 0. The van der Waals surface area contributed by atoms with Crippen molar-refractivity contribution in [2.45, 2.75) is 0 Å². The van der Waals surface area contributed by atoms with Crippen LogP contribution in [0.4, 0.5) is 0 Å². The molecule has 0 aliphatic rings. The summed E-state index contributed by atoms with van der Waals surface area (Å²) in [6.07, 6.45) is 1.74. The molecule has 0 radical (unpaired) electrons. The van der Waals surface area contributed by atoms with Gasteiger partial charge in [0.25, 0.3) is 0 Å². The van der Waals surface area contributed by atoms with E-state index in [0.29, 0.717) is 0 Å². The van der Waals surface area contributed by atoms with Crippen LogP contribution in [0.5, 0.6) is 0 Å². The Morgan fingerprint density at radius 3 is 2.50 bits per heavy atom. The Balaban J connectivity index is 3.05. The van der Waals surface area contributed by atoms with Crippen molar-refractivity contribution < 1.29 is 4.68 Å². The van der Waals surface area contributed by atoms with Crippen LogP contribution in [0.15, 0.2) is 11.1 Å². The summed E-state index contributed by atoms with van der Waals surface area (Å²) in [5.74, 6) is 0. The highest BCUT2D eigenvalue weighted by molar-refractivity contribution is 9.10. The largest absolute Gasteiger partial charge is 0.370 e. The molecule has 0 N–H and O–H groups in total. The van der Waals surface area contributed by atoms with E-state index in [4.69, 9.17) is 0 Å². The maximum Gasteiger partial charge on any atom is 0.370 e. The van der Waals surface area contributed by atoms with E-state index in [-0.39, 0.29) is 0 Å². The van der Waals surface area contributed by atoms with E-state index in [1.54, 1.807) is 11.0 Å². The molecule has 56 valence electrons. The third-order valence-corrected chi connectivity index (χ3v) is 2.10. The molecule has 0 unspecified atom stereocenters. The van der Waals surface area contributed by atoms with Crippen LogP contribution in [0.25, 0.3) is 0 Å². The normalized spacial score (nSPS) is 10.0. The van der Waals surface area contributed by atoms with Gasteiger partial charge in [0, 0.05) is 14.1 Å². The van der Waals surface area contributed by atoms with Crippen LogP contribution >= 0.6 is 15.9 Å². The average molecular weight is 206 g/mol. The third-order valence-electron chi connectivity index (χ3n) is 1.22. The first kappa shape index (κ1) is 7.53. The zero-order valence-electron chi connectivity index (χ0n) is 6.24. The van der Waals surface area contributed by atoms with Crippen molar-refractivity contribution in [1.29, 1.82) is 0 Å². The van der Waals surface area contributed by atoms with Crippen LogP contribution in [-0.2, 0) is 7.05 Å². The number of hydrogen-bond donors (Lipinski definition) is 0. The van der Waals surface area contributed by atoms with Crippen molar-refractivity contribution in [1.82, 2.24) is 9.77 Å². The summed E-state index contributed by atoms with van der Waals surface area (Å²) in [7, 11) is 5.78. The molecular formula is C5H10BrN4+. The molecule has 0 bridgehead atoms. The summed E-state index contributed by atoms with van der Waals surface area (Å²) in [6, 6.07) is 0. The fourth-order valence-corrected chi connectivity index (χ4v) is 1.14. The summed E-state index contributed by atoms with van der Waals surface area (Å²) in [5, 5.41) is 5.96. The lowest BCUT2D eigenvalue weighted by atomic mass is 11.0. The Kier molecular flexibility index (Phi) is 1.94. The molecule has 0 fully saturated rings. The monoisotopic (exact) mass is 205 g/mol. The topological polar surface area (TPSA) is 24.9 Å². The van der Waals surface area contributed by atoms with E-state index >= 15 is 0 Å². The van der Waals surface area contributed by atoms with Crippen LogP contribution in [-0.4, -0.2) is 23.9 Å². The molecule has 0 amide bonds. The van der Waals surface area contributed by atoms with E-state index in [1.165, 1.54) is 0 Å². The average Bonchev–Trinajstić information content (AvgIpc) is 2.14. The lowest BCUT2D eigenvalue weighted by Crippen LogP contribution is -2.34. The molecule has 0 atom stereocenters. The first-order valence-electron chi connectivity index (χ1n) is 2.89. The Morgan fingerprint density at radius 1 is 1.70 bits per heavy atom. The predicted molar refractivity (Wildman–Crippen MR) is 41.2 cm³/mol. The van der Waals surface area contributed by atoms with Crippen LogP contribution < -0.4 is 9.69 Å². The molecule has 1 heterocycles. The Bertz CT molecular complexity index is 230. The number of hydrogen-bond acceptors (Lipinski definition) is 2. The van der Waals surface area contributed by atoms with Crippen molar-refractivity contribution in [2.75, 3.05) is 19.1 Å². The lowest BCUT2D eigenvalue weighted by Gasteiger charge is -2.04. The molecule has 0 aromatic carbocycles. The molecule has 5 heteroatoms. The molecule has 0 saturated heterocycles. The number of rotatable bonds is 1. The number of aromatic nitrogens is 3. The van der Waals surface area contributed by atoms with Gasteiger partial charge in [-0.05, 0) is 5.10 Å². The molecule has 0 saturated carbocycles. The lowest BCUT2D eigenvalue weighted by molar-refractivity contribution is -0.739. The van der Waals surface area contributed by atoms with Gasteiger partial charge in [-0.25, -0.2) is 5.01 Å². The zero-order valence-corrected chi connectivity index (χ0v) is 7.83. The van der Waals surface area contributed by atoms with Gasteiger partial charge in [0.2, 0.25) is 6.33 Å². The minimum Gasteiger partial charge on any atom is -0.247 e. The summed E-state index contributed by atoms with van der Waals surface area (Å²) >= 11 is 3.37. The van der Waals surface area contributed by atoms with Crippen LogP contribution in [0, 0.1) is 0 Å². The highest BCUT2D eigenvalue weighted by Crippen LogP contribution is 1.99. The number of aryl methyl sites for hydroxylation is 1. The van der Waals surface area contributed by atoms with E-state index < -0.39 is 0 Å². The highest BCUT2D eigenvalue weighted by Gasteiger charge is 2.12. The molecule has 1 aromatic rings. The second-order valence-corrected chi connectivity index (χ2v) is 2.92. The van der Waals surface area contributed by atoms with E-state index in [9.17, 15) is 0 Å². The Morgan fingerprint density at radius 2 is 2.30 bits per heavy atom. The first-order chi connectivity index (χ1) is 4.63. The summed E-state index contributed by atoms with van der Waals surface area (Å²) < 4.78 is 4.57. The van der Waals surface area contributed by atoms with Crippen LogP contribution in [0.1, 0.15) is 0 Å². The molecular weight excluding hydrogens is 196 g/mol. The summed E-state index contributed by atoms with van der Waals surface area (Å²) in [5.41, 5.74) is 0. The summed E-state index contributed by atoms with van der Waals surface area (Å²) in [6.45, 7) is 0. The minimum absolute atomic E-state index is 0.928. The van der Waals surface area contributed by atoms with Gasteiger partial charge in [-0.2, -0.15) is 0 Å². The van der Waals surface area contributed by atoms with Gasteiger partial charge in [-0.15, -0.1) is 9.36 Å². The minimum atomic E-state index is 0.928. The highest BCUT2D eigenvalue weighted by atomic mass is 79.9. The van der Waals surface area contributed by atoms with Gasteiger partial charge in [-0.1, -0.05) is 0 Å². The second-order valence-electron chi connectivity index (χ2n) is 2.22. The smallest absolute Gasteiger partial charge is 0.247 e. The molecule has 0 aliphatic heterocycles. The van der Waals surface area contributed by atoms with Gasteiger partial charge in [-0.3, -0.25) is 0 Å². The van der Waals surface area contributed by atoms with Gasteiger partial charge in [0.15, 0.2) is 0 Å². The zero-order chi connectivity index (χ0) is 7.72. The molecule has 4 nitrogen and oxygen atoms in total. The van der Waals surface area contributed by atoms with Gasteiger partial charge in [0.1, 0.15) is 7.05 Å². The van der Waals surface area contributed by atoms with Gasteiger partial charge >= 0.3 is 4.73 Å². The first-order valence-corrected chi connectivity index (χ1v) is 3.69. The van der Waals surface area contributed by atoms with E-state index in [0.717, 1.165) is 4.73 Å². The Hall–Kier alpha value is -0.580. The maximum atomic E-state index is 4.03. The van der Waals surface area contributed by atoms with Gasteiger partial charge in [0.05, 0.1) is 15.9 Å². The van der Waals surface area contributed by atoms with Gasteiger partial charge < -0.3 is 0 Å². The standard InChI is InChI=1S/C5H10BrN4/c1-8(2)10-4-7-9(3)5(10)6/h4H,1-3H3/q+1. The molecule has 0 aliphatic carbocycles. The number of halogens is 1. The van der Waals surface area contributed by atoms with Crippen LogP contribution in [0.3, 0.4) is 0 Å². The predicted octanol–water partition coefficient (Wildman–Crippen LogP) is -0.332. The third kappa shape index (κ3) is 1.13. The van der Waals surface area contributed by atoms with E-state index in [2.05, 4.69) is 21.0 Å². The van der Waals surface area contributed by atoms with Crippen LogP contribution in [0.2, 0.25) is 0 Å². The molecule has 1 aromatic heterocycles. The molecule has 1 rings (SSSR count). The van der Waals surface area contributed by atoms with Crippen molar-refractivity contribution in [3.05, 3.63) is 11.1 Å². The molecule has 0 spiro atoms. The fourth-order valence-electron chi connectivity index (χ4n) is 0.638. The SMILES string of the molecule is CN(C)n1cn[n+](C)c1Br. The van der Waals surface area contributed by atoms with Crippen molar-refractivity contribution in [3.63, 3.8) is 0 Å². The van der Waals surface area contributed by atoms with Crippen molar-refractivity contribution in [3.8, 4) is 0 Å². The second kappa shape index (κ2) is 2.57. The molecule has 10 heavy (non-hydrogen) atoms.